The third-order valence-corrected chi connectivity index (χ3v) is 4.67. The highest BCUT2D eigenvalue weighted by molar-refractivity contribution is 8.18. The van der Waals surface area contributed by atoms with Crippen LogP contribution in [0.25, 0.3) is 6.08 Å². The lowest BCUT2D eigenvalue weighted by atomic mass is 10.1. The van der Waals surface area contributed by atoms with Crippen LogP contribution in [0.2, 0.25) is 0 Å². The van der Waals surface area contributed by atoms with Crippen molar-refractivity contribution in [1.82, 2.24) is 9.88 Å². The van der Waals surface area contributed by atoms with Gasteiger partial charge in [0.05, 0.1) is 4.91 Å². The van der Waals surface area contributed by atoms with Crippen LogP contribution in [0, 0.1) is 13.8 Å². The first-order valence-corrected chi connectivity index (χ1v) is 8.80. The zero-order valence-corrected chi connectivity index (χ0v) is 15.1. The predicted octanol–water partition coefficient (Wildman–Crippen LogP) is 4.49. The molecule has 1 aliphatic rings. The number of hydrogen-bond donors (Lipinski definition) is 0. The van der Waals surface area contributed by atoms with E-state index in [4.69, 9.17) is 0 Å². The molecule has 0 N–H and O–H groups in total. The molecule has 5 heteroatoms. The maximum Gasteiger partial charge on any atom is 0.267 e. The van der Waals surface area contributed by atoms with Crippen LogP contribution in [-0.4, -0.2) is 27.5 Å². The molecule has 0 bridgehead atoms. The normalized spacial score (nSPS) is 17.5. The fraction of sp³-hybridized carbons (Fsp3) is 0.150. The van der Waals surface area contributed by atoms with E-state index in [1.54, 1.807) is 11.0 Å². The number of rotatable bonds is 4. The van der Waals surface area contributed by atoms with E-state index in [2.05, 4.69) is 16.6 Å². The van der Waals surface area contributed by atoms with Gasteiger partial charge >= 0.3 is 0 Å². The van der Waals surface area contributed by atoms with E-state index < -0.39 is 0 Å². The summed E-state index contributed by atoms with van der Waals surface area (Å²) in [5.74, 6) is 0.540. The van der Waals surface area contributed by atoms with Gasteiger partial charge in [0.1, 0.15) is 0 Å². The summed E-state index contributed by atoms with van der Waals surface area (Å²) in [6, 6.07) is 13.7. The SMILES string of the molecule is C=CCN1C(=O)/C(=C/c2ccc(C)cc2)S/C1=N/c1cccc(C)n1. The molecule has 2 aromatic rings. The second-order valence-electron chi connectivity index (χ2n) is 5.76. The topological polar surface area (TPSA) is 45.6 Å². The van der Waals surface area contributed by atoms with Crippen molar-refractivity contribution in [2.75, 3.05) is 6.54 Å². The van der Waals surface area contributed by atoms with Crippen molar-refractivity contribution in [3.8, 4) is 0 Å². The van der Waals surface area contributed by atoms with Gasteiger partial charge in [-0.3, -0.25) is 9.69 Å². The van der Waals surface area contributed by atoms with Gasteiger partial charge in [0.2, 0.25) is 0 Å². The van der Waals surface area contributed by atoms with Crippen LogP contribution in [0.4, 0.5) is 5.82 Å². The van der Waals surface area contributed by atoms with Gasteiger partial charge in [-0.2, -0.15) is 0 Å². The van der Waals surface area contributed by atoms with Gasteiger partial charge < -0.3 is 0 Å². The Morgan fingerprint density at radius 2 is 1.96 bits per heavy atom. The molecular formula is C20H19N3OS. The Bertz CT molecular complexity index is 869. The van der Waals surface area contributed by atoms with Crippen LogP contribution in [-0.2, 0) is 4.79 Å². The first kappa shape index (κ1) is 17.2. The Morgan fingerprint density at radius 1 is 1.20 bits per heavy atom. The molecule has 0 radical (unpaired) electrons. The first-order valence-electron chi connectivity index (χ1n) is 7.98. The van der Waals surface area contributed by atoms with Gasteiger partial charge in [0, 0.05) is 12.2 Å². The molecule has 0 atom stereocenters. The lowest BCUT2D eigenvalue weighted by Crippen LogP contribution is -2.29. The molecule has 126 valence electrons. The summed E-state index contributed by atoms with van der Waals surface area (Å²) >= 11 is 1.37. The largest absolute Gasteiger partial charge is 0.282 e. The maximum absolute atomic E-state index is 12.7. The maximum atomic E-state index is 12.7. The molecule has 1 fully saturated rings. The molecule has 1 amide bonds. The van der Waals surface area contributed by atoms with Crippen molar-refractivity contribution < 1.29 is 4.79 Å². The van der Waals surface area contributed by atoms with E-state index in [0.29, 0.717) is 22.4 Å². The van der Waals surface area contributed by atoms with Crippen molar-refractivity contribution in [1.29, 1.82) is 0 Å². The van der Waals surface area contributed by atoms with Crippen molar-refractivity contribution in [3.05, 3.63) is 76.8 Å². The number of nitrogens with zero attached hydrogens (tertiary/aromatic N) is 3. The summed E-state index contributed by atoms with van der Waals surface area (Å²) in [6.45, 7) is 8.12. The quantitative estimate of drug-likeness (QED) is 0.603. The third kappa shape index (κ3) is 4.06. The Morgan fingerprint density at radius 3 is 2.64 bits per heavy atom. The molecule has 0 spiro atoms. The first-order chi connectivity index (χ1) is 12.1. The number of carbonyl (C=O) groups is 1. The van der Waals surface area contributed by atoms with Crippen LogP contribution in [0.5, 0.6) is 0 Å². The Labute approximate surface area is 152 Å². The molecule has 1 aromatic heterocycles. The van der Waals surface area contributed by atoms with Crippen LogP contribution in [0.3, 0.4) is 0 Å². The van der Waals surface area contributed by atoms with Gasteiger partial charge in [-0.05, 0) is 49.4 Å². The Balaban J connectivity index is 1.94. The fourth-order valence-corrected chi connectivity index (χ4v) is 3.38. The Kier molecular flexibility index (Phi) is 5.14. The number of amidine groups is 1. The summed E-state index contributed by atoms with van der Waals surface area (Å²) in [7, 11) is 0. The molecule has 0 unspecified atom stereocenters. The highest BCUT2D eigenvalue weighted by Gasteiger charge is 2.32. The molecule has 1 aliphatic heterocycles. The number of thioether (sulfide) groups is 1. The molecule has 0 aliphatic carbocycles. The average Bonchev–Trinajstić information content (AvgIpc) is 2.86. The monoisotopic (exact) mass is 349 g/mol. The number of aliphatic imine (C=N–C) groups is 1. The standard InChI is InChI=1S/C20H19N3OS/c1-4-12-23-19(24)17(13-16-10-8-14(2)9-11-16)25-20(23)22-18-7-5-6-15(3)21-18/h4-11,13H,1,12H2,2-3H3/b17-13-,22-20+. The molecule has 0 saturated carbocycles. The lowest BCUT2D eigenvalue weighted by molar-refractivity contribution is -0.121. The van der Waals surface area contributed by atoms with Crippen molar-refractivity contribution >= 4 is 34.7 Å². The molecule has 4 nitrogen and oxygen atoms in total. The smallest absolute Gasteiger partial charge is 0.267 e. The molecule has 1 saturated heterocycles. The van der Waals surface area contributed by atoms with E-state index in [9.17, 15) is 4.79 Å². The van der Waals surface area contributed by atoms with Gasteiger partial charge in [-0.15, -0.1) is 6.58 Å². The second-order valence-corrected chi connectivity index (χ2v) is 6.77. The van der Waals surface area contributed by atoms with Crippen LogP contribution < -0.4 is 0 Å². The summed E-state index contributed by atoms with van der Waals surface area (Å²) < 4.78 is 0. The van der Waals surface area contributed by atoms with E-state index in [-0.39, 0.29) is 5.91 Å². The minimum Gasteiger partial charge on any atom is -0.282 e. The third-order valence-electron chi connectivity index (χ3n) is 3.66. The van der Waals surface area contributed by atoms with E-state index in [1.807, 2.05) is 62.4 Å². The van der Waals surface area contributed by atoms with Crippen LogP contribution >= 0.6 is 11.8 Å². The van der Waals surface area contributed by atoms with E-state index in [0.717, 1.165) is 11.3 Å². The average molecular weight is 349 g/mol. The molecule has 3 rings (SSSR count). The highest BCUT2D eigenvalue weighted by atomic mass is 32.2. The van der Waals surface area contributed by atoms with Crippen LogP contribution in [0.1, 0.15) is 16.8 Å². The van der Waals surface area contributed by atoms with E-state index in [1.165, 1.54) is 17.3 Å². The van der Waals surface area contributed by atoms with Crippen LogP contribution in [0.15, 0.2) is 65.0 Å². The summed E-state index contributed by atoms with van der Waals surface area (Å²) in [5, 5.41) is 0.626. The minimum atomic E-state index is -0.0584. The number of amides is 1. The summed E-state index contributed by atoms with van der Waals surface area (Å²) in [5.41, 5.74) is 3.07. The zero-order chi connectivity index (χ0) is 17.8. The summed E-state index contributed by atoms with van der Waals surface area (Å²) in [6.07, 6.45) is 3.60. The summed E-state index contributed by atoms with van der Waals surface area (Å²) in [4.78, 5) is 24.0. The number of aromatic nitrogens is 1. The zero-order valence-electron chi connectivity index (χ0n) is 14.3. The lowest BCUT2D eigenvalue weighted by Gasteiger charge is -2.12. The van der Waals surface area contributed by atoms with Crippen molar-refractivity contribution in [2.45, 2.75) is 13.8 Å². The van der Waals surface area contributed by atoms with Gasteiger partial charge in [-0.1, -0.05) is 42.0 Å². The number of pyridine rings is 1. The highest BCUT2D eigenvalue weighted by Crippen LogP contribution is 2.33. The van der Waals surface area contributed by atoms with Gasteiger partial charge in [0.25, 0.3) is 5.91 Å². The van der Waals surface area contributed by atoms with Gasteiger partial charge in [0.15, 0.2) is 11.0 Å². The number of aryl methyl sites for hydroxylation is 2. The van der Waals surface area contributed by atoms with E-state index >= 15 is 0 Å². The molecule has 1 aromatic carbocycles. The van der Waals surface area contributed by atoms with Gasteiger partial charge in [-0.25, -0.2) is 9.98 Å². The molecule has 25 heavy (non-hydrogen) atoms. The van der Waals surface area contributed by atoms with Crippen molar-refractivity contribution in [3.63, 3.8) is 0 Å². The molecule has 2 heterocycles. The number of carbonyl (C=O) groups excluding carboxylic acids is 1. The predicted molar refractivity (Wildman–Crippen MR) is 105 cm³/mol. The Hall–Kier alpha value is -2.66. The van der Waals surface area contributed by atoms with Crippen molar-refractivity contribution in [2.24, 2.45) is 4.99 Å². The number of benzene rings is 1. The molecular weight excluding hydrogens is 330 g/mol. The minimum absolute atomic E-state index is 0.0584. The fourth-order valence-electron chi connectivity index (χ4n) is 2.38. The number of hydrogen-bond acceptors (Lipinski definition) is 4. The second kappa shape index (κ2) is 7.49.